The lowest BCUT2D eigenvalue weighted by atomic mass is 10.2. The van der Waals surface area contributed by atoms with E-state index in [0.717, 1.165) is 9.75 Å². The molecule has 0 aliphatic rings. The van der Waals surface area contributed by atoms with Gasteiger partial charge < -0.3 is 21.5 Å². The summed E-state index contributed by atoms with van der Waals surface area (Å²) in [6.07, 6.45) is 0. The van der Waals surface area contributed by atoms with E-state index < -0.39 is 17.0 Å². The summed E-state index contributed by atoms with van der Waals surface area (Å²) in [7, 11) is 0.271. The van der Waals surface area contributed by atoms with Crippen LogP contribution in [-0.4, -0.2) is 45.8 Å². The van der Waals surface area contributed by atoms with Crippen molar-refractivity contribution in [2.45, 2.75) is 37.4 Å². The van der Waals surface area contributed by atoms with E-state index in [1.165, 1.54) is 11.3 Å². The maximum absolute atomic E-state index is 13.2. The second-order valence-electron chi connectivity index (χ2n) is 6.58. The molecular weight excluding hydrogens is 396 g/mol. The minimum absolute atomic E-state index is 0.0589. The van der Waals surface area contributed by atoms with Gasteiger partial charge in [0.2, 0.25) is 5.91 Å². The van der Waals surface area contributed by atoms with E-state index in [-0.39, 0.29) is 25.1 Å². The van der Waals surface area contributed by atoms with Crippen molar-refractivity contribution in [1.82, 2.24) is 14.9 Å². The number of amides is 1. The van der Waals surface area contributed by atoms with Gasteiger partial charge in [-0.2, -0.15) is 0 Å². The fourth-order valence-electron chi connectivity index (χ4n) is 2.75. The van der Waals surface area contributed by atoms with E-state index in [4.69, 9.17) is 5.73 Å². The van der Waals surface area contributed by atoms with Crippen molar-refractivity contribution < 1.29 is 14.1 Å². The van der Waals surface area contributed by atoms with E-state index >= 15 is 0 Å². The maximum atomic E-state index is 13.2. The Balaban J connectivity index is 2.19. The lowest BCUT2D eigenvalue weighted by molar-refractivity contribution is -0.120. The molecule has 1 amide bonds. The van der Waals surface area contributed by atoms with Gasteiger partial charge in [0, 0.05) is 21.5 Å². The molecule has 28 heavy (non-hydrogen) atoms. The number of likely N-dealkylation sites (N-methyl/N-ethyl adjacent to an activating group) is 1. The third kappa shape index (κ3) is 5.86. The number of carbonyl (C=O) groups excluding carboxylic acids is 1. The van der Waals surface area contributed by atoms with Crippen molar-refractivity contribution in [2.75, 3.05) is 25.9 Å². The van der Waals surface area contributed by atoms with Gasteiger partial charge in [-0.15, -0.1) is 11.3 Å². The molecule has 0 fully saturated rings. The topological polar surface area (TPSA) is 108 Å². The van der Waals surface area contributed by atoms with Gasteiger partial charge in [-0.25, -0.2) is 8.51 Å². The Morgan fingerprint density at radius 3 is 2.50 bits per heavy atom. The molecule has 0 saturated carbocycles. The highest BCUT2D eigenvalue weighted by atomic mass is 32.2. The minimum atomic E-state index is -1.45. The molecule has 0 radical (unpaired) electrons. The number of nitrogens with zero attached hydrogens (tertiary/aromatic N) is 1. The van der Waals surface area contributed by atoms with Crippen molar-refractivity contribution in [3.63, 3.8) is 0 Å². The van der Waals surface area contributed by atoms with Gasteiger partial charge in [0.25, 0.3) is 0 Å². The predicted octanol–water partition coefficient (Wildman–Crippen LogP) is 1.63. The number of aliphatic hydroxyl groups is 1. The second-order valence-corrected chi connectivity index (χ2v) is 9.17. The SMILES string of the molecule is CNCC(=O)NCc1ccc(C(CO)N(C(C)C)S(=O)c2ccc(N)cc2)s1. The normalized spacial score (nSPS) is 13.6. The van der Waals surface area contributed by atoms with Crippen LogP contribution >= 0.6 is 11.3 Å². The lowest BCUT2D eigenvalue weighted by Gasteiger charge is -2.31. The number of carbonyl (C=O) groups is 1. The van der Waals surface area contributed by atoms with Gasteiger partial charge in [0.1, 0.15) is 11.0 Å². The Bertz CT molecular complexity index is 793. The fraction of sp³-hybridized carbons (Fsp3) is 0.421. The molecule has 7 nitrogen and oxygen atoms in total. The fourth-order valence-corrected chi connectivity index (χ4v) is 5.26. The molecule has 1 aromatic heterocycles. The zero-order valence-electron chi connectivity index (χ0n) is 16.3. The zero-order chi connectivity index (χ0) is 20.7. The van der Waals surface area contributed by atoms with Crippen molar-refractivity contribution in [2.24, 2.45) is 0 Å². The molecule has 0 saturated heterocycles. The summed E-state index contributed by atoms with van der Waals surface area (Å²) in [4.78, 5) is 14.1. The Morgan fingerprint density at radius 2 is 1.93 bits per heavy atom. The highest BCUT2D eigenvalue weighted by Gasteiger charge is 2.29. The Hall–Kier alpha value is -1.78. The summed E-state index contributed by atoms with van der Waals surface area (Å²) in [6.45, 7) is 4.42. The van der Waals surface area contributed by atoms with Gasteiger partial charge >= 0.3 is 0 Å². The molecule has 1 aromatic carbocycles. The molecule has 0 aliphatic heterocycles. The van der Waals surface area contributed by atoms with Crippen molar-refractivity contribution >= 4 is 33.9 Å². The highest BCUT2D eigenvalue weighted by Crippen LogP contribution is 2.32. The first-order chi connectivity index (χ1) is 13.4. The van der Waals surface area contributed by atoms with Crippen LogP contribution in [0.15, 0.2) is 41.3 Å². The van der Waals surface area contributed by atoms with Crippen LogP contribution in [0.1, 0.15) is 29.6 Å². The number of nitrogen functional groups attached to an aromatic ring is 1. The van der Waals surface area contributed by atoms with Crippen LogP contribution in [0.5, 0.6) is 0 Å². The molecule has 1 heterocycles. The first kappa shape index (κ1) is 22.5. The van der Waals surface area contributed by atoms with Gasteiger partial charge in [-0.05, 0) is 57.3 Å². The molecule has 0 spiro atoms. The number of hydrogen-bond acceptors (Lipinski definition) is 6. The summed E-state index contributed by atoms with van der Waals surface area (Å²) in [6, 6.07) is 10.3. The quantitative estimate of drug-likeness (QED) is 0.434. The summed E-state index contributed by atoms with van der Waals surface area (Å²) in [5, 5.41) is 15.7. The molecule has 0 bridgehead atoms. The number of nitrogens with one attached hydrogen (secondary N) is 2. The molecule has 2 atom stereocenters. The number of thiophene rings is 1. The monoisotopic (exact) mass is 424 g/mol. The molecule has 2 rings (SSSR count). The maximum Gasteiger partial charge on any atom is 0.234 e. The van der Waals surface area contributed by atoms with Crippen LogP contribution in [0.2, 0.25) is 0 Å². The summed E-state index contributed by atoms with van der Waals surface area (Å²) < 4.78 is 15.0. The van der Waals surface area contributed by atoms with E-state index in [1.807, 2.05) is 26.0 Å². The molecule has 154 valence electrons. The summed E-state index contributed by atoms with van der Waals surface area (Å²) >= 11 is 1.50. The van der Waals surface area contributed by atoms with Crippen LogP contribution in [0.3, 0.4) is 0 Å². The number of nitrogens with two attached hydrogens (primary N) is 1. The average molecular weight is 425 g/mol. The minimum Gasteiger partial charge on any atom is -0.399 e. The second kappa shape index (κ2) is 10.7. The Morgan fingerprint density at radius 1 is 1.25 bits per heavy atom. The smallest absolute Gasteiger partial charge is 0.234 e. The van der Waals surface area contributed by atoms with E-state index in [0.29, 0.717) is 17.1 Å². The molecule has 9 heteroatoms. The van der Waals surface area contributed by atoms with Crippen LogP contribution in [0, 0.1) is 0 Å². The number of rotatable bonds is 10. The van der Waals surface area contributed by atoms with E-state index in [9.17, 15) is 14.1 Å². The third-order valence-corrected chi connectivity index (χ3v) is 6.99. The molecule has 2 aromatic rings. The van der Waals surface area contributed by atoms with E-state index in [2.05, 4.69) is 10.6 Å². The molecule has 5 N–H and O–H groups in total. The van der Waals surface area contributed by atoms with Crippen LogP contribution < -0.4 is 16.4 Å². The standard InChI is InChI=1S/C19H28N4O3S2/c1-13(2)23(28(26)16-7-4-14(20)5-8-16)17(12-24)18-9-6-15(27-18)10-22-19(25)11-21-3/h4-9,13,17,21,24H,10-12,20H2,1-3H3,(H,22,25). The van der Waals surface area contributed by atoms with Gasteiger partial charge in [0.05, 0.1) is 30.6 Å². The van der Waals surface area contributed by atoms with Crippen molar-refractivity contribution in [3.8, 4) is 0 Å². The van der Waals surface area contributed by atoms with E-state index in [1.54, 1.807) is 35.6 Å². The van der Waals surface area contributed by atoms with Gasteiger partial charge in [-0.1, -0.05) is 0 Å². The number of anilines is 1. The first-order valence-electron chi connectivity index (χ1n) is 9.03. The first-order valence-corrected chi connectivity index (χ1v) is 11.0. The number of hydrogen-bond donors (Lipinski definition) is 4. The average Bonchev–Trinajstić information content (AvgIpc) is 3.13. The van der Waals surface area contributed by atoms with Crippen LogP contribution in [0.4, 0.5) is 5.69 Å². The molecule has 0 aliphatic carbocycles. The van der Waals surface area contributed by atoms with Crippen LogP contribution in [-0.2, 0) is 22.3 Å². The Labute approximate surface area is 172 Å². The highest BCUT2D eigenvalue weighted by molar-refractivity contribution is 7.82. The predicted molar refractivity (Wildman–Crippen MR) is 114 cm³/mol. The summed E-state index contributed by atoms with van der Waals surface area (Å²) in [5.41, 5.74) is 6.34. The zero-order valence-corrected chi connectivity index (χ0v) is 18.0. The number of aliphatic hydroxyl groups excluding tert-OH is 1. The molecule has 2 unspecified atom stereocenters. The lowest BCUT2D eigenvalue weighted by Crippen LogP contribution is -2.38. The van der Waals surface area contributed by atoms with Crippen molar-refractivity contribution in [1.29, 1.82) is 0 Å². The number of benzene rings is 1. The third-order valence-electron chi connectivity index (χ3n) is 4.07. The Kier molecular flexibility index (Phi) is 8.58. The summed E-state index contributed by atoms with van der Waals surface area (Å²) in [5.74, 6) is -0.0792. The van der Waals surface area contributed by atoms with Crippen LogP contribution in [0.25, 0.3) is 0 Å². The van der Waals surface area contributed by atoms with Gasteiger partial charge in [-0.3, -0.25) is 4.79 Å². The van der Waals surface area contributed by atoms with Gasteiger partial charge in [0.15, 0.2) is 0 Å². The largest absolute Gasteiger partial charge is 0.399 e. The molecular formula is C19H28N4O3S2. The van der Waals surface area contributed by atoms with Crippen molar-refractivity contribution in [3.05, 3.63) is 46.2 Å².